The van der Waals surface area contributed by atoms with Crippen molar-refractivity contribution in [2.75, 3.05) is 9.80 Å². The molecule has 0 unspecified atom stereocenters. The number of para-hydroxylation sites is 3. The maximum atomic E-state index is 2.41. The third-order valence-electron chi connectivity index (χ3n) is 10.2. The molecule has 0 heterocycles. The highest BCUT2D eigenvalue weighted by Gasteiger charge is 2.36. The van der Waals surface area contributed by atoms with Crippen LogP contribution in [-0.2, 0) is 5.41 Å². The predicted molar refractivity (Wildman–Crippen MR) is 218 cm³/mol. The minimum absolute atomic E-state index is 0.144. The normalized spacial score (nSPS) is 12.8. The van der Waals surface area contributed by atoms with E-state index in [4.69, 9.17) is 0 Å². The first-order chi connectivity index (χ1) is 24.9. The van der Waals surface area contributed by atoms with Gasteiger partial charge in [0.25, 0.3) is 0 Å². The van der Waals surface area contributed by atoms with E-state index in [2.05, 4.69) is 220 Å². The lowest BCUT2D eigenvalue weighted by Gasteiger charge is -2.29. The molecule has 0 N–H and O–H groups in total. The van der Waals surface area contributed by atoms with Crippen molar-refractivity contribution in [3.63, 3.8) is 0 Å². The van der Waals surface area contributed by atoms with Crippen molar-refractivity contribution in [2.45, 2.75) is 33.1 Å². The second-order valence-corrected chi connectivity index (χ2v) is 14.0. The first-order valence-electron chi connectivity index (χ1n) is 17.8. The smallest absolute Gasteiger partial charge is 0.0490 e. The molecular formula is C49H42N2. The van der Waals surface area contributed by atoms with Crippen LogP contribution in [0.4, 0.5) is 34.1 Å². The summed E-state index contributed by atoms with van der Waals surface area (Å²) in [6.07, 6.45) is 4.46. The number of benzene rings is 7. The number of anilines is 6. The van der Waals surface area contributed by atoms with E-state index in [0.29, 0.717) is 0 Å². The van der Waals surface area contributed by atoms with Crippen molar-refractivity contribution < 1.29 is 0 Å². The summed E-state index contributed by atoms with van der Waals surface area (Å²) in [7, 11) is 0. The molecule has 0 amide bonds. The zero-order valence-corrected chi connectivity index (χ0v) is 29.7. The van der Waals surface area contributed by atoms with Crippen LogP contribution in [0.1, 0.15) is 47.2 Å². The Morgan fingerprint density at radius 3 is 1.53 bits per heavy atom. The third-order valence-corrected chi connectivity index (χ3v) is 10.2. The topological polar surface area (TPSA) is 6.48 Å². The van der Waals surface area contributed by atoms with Crippen molar-refractivity contribution >= 4 is 46.3 Å². The highest BCUT2D eigenvalue weighted by atomic mass is 15.1. The number of hydrogen-bond acceptors (Lipinski definition) is 2. The quantitative estimate of drug-likeness (QED) is 0.150. The first kappa shape index (κ1) is 32.1. The molecule has 7 aromatic rings. The van der Waals surface area contributed by atoms with Gasteiger partial charge in [0.1, 0.15) is 0 Å². The van der Waals surface area contributed by atoms with Gasteiger partial charge in [-0.3, -0.25) is 0 Å². The molecule has 1 aliphatic rings. The zero-order chi connectivity index (χ0) is 35.0. The molecule has 2 nitrogen and oxygen atoms in total. The van der Waals surface area contributed by atoms with E-state index in [0.717, 1.165) is 22.7 Å². The molecule has 0 fully saturated rings. The summed E-state index contributed by atoms with van der Waals surface area (Å²) in [6.45, 7) is 9.06. The fourth-order valence-corrected chi connectivity index (χ4v) is 7.45. The second-order valence-electron chi connectivity index (χ2n) is 14.0. The van der Waals surface area contributed by atoms with Gasteiger partial charge in [0.05, 0.1) is 0 Å². The van der Waals surface area contributed by atoms with Gasteiger partial charge in [-0.2, -0.15) is 0 Å². The van der Waals surface area contributed by atoms with Crippen LogP contribution in [0.3, 0.4) is 0 Å². The van der Waals surface area contributed by atoms with Gasteiger partial charge in [0.2, 0.25) is 0 Å². The van der Waals surface area contributed by atoms with Gasteiger partial charge in [-0.05, 0) is 120 Å². The lowest BCUT2D eigenvalue weighted by atomic mass is 9.81. The molecule has 7 aromatic carbocycles. The highest BCUT2D eigenvalue weighted by Crippen LogP contribution is 2.51. The van der Waals surface area contributed by atoms with E-state index in [1.165, 1.54) is 55.9 Å². The summed E-state index contributed by atoms with van der Waals surface area (Å²) >= 11 is 0. The molecule has 0 aromatic heterocycles. The van der Waals surface area contributed by atoms with Crippen LogP contribution >= 0.6 is 0 Å². The summed E-state index contributed by atoms with van der Waals surface area (Å²) in [6, 6.07) is 61.3. The Labute approximate surface area is 302 Å². The molecule has 0 radical (unpaired) electrons. The number of aryl methyl sites for hydroxylation is 2. The lowest BCUT2D eigenvalue weighted by Crippen LogP contribution is -2.17. The number of nitrogens with zero attached hydrogens (tertiary/aromatic N) is 2. The van der Waals surface area contributed by atoms with Crippen LogP contribution in [0.2, 0.25) is 0 Å². The lowest BCUT2D eigenvalue weighted by molar-refractivity contribution is 0.660. The van der Waals surface area contributed by atoms with E-state index >= 15 is 0 Å². The molecule has 8 rings (SSSR count). The molecule has 248 valence electrons. The van der Waals surface area contributed by atoms with E-state index < -0.39 is 0 Å². The van der Waals surface area contributed by atoms with Crippen molar-refractivity contribution in [3.8, 4) is 11.1 Å². The Morgan fingerprint density at radius 2 is 0.882 bits per heavy atom. The zero-order valence-electron chi connectivity index (χ0n) is 29.7. The standard InChI is InChI=1S/C49H42N2/c1-35-19-26-42(27-20-35)51(48-18-12-11-13-36(48)2)43-30-32-45-44-31-25-38(33-46(44)49(3,4)47(45)34-43)22-21-37-23-28-41(29-24-37)50(39-14-7-5-8-15-39)40-16-9-6-10-17-40/h5-34H,1-4H3/b22-21+. The molecule has 51 heavy (non-hydrogen) atoms. The maximum absolute atomic E-state index is 2.41. The van der Waals surface area contributed by atoms with Gasteiger partial charge >= 0.3 is 0 Å². The van der Waals surface area contributed by atoms with Crippen LogP contribution in [0.5, 0.6) is 0 Å². The molecular weight excluding hydrogens is 617 g/mol. The number of hydrogen-bond donors (Lipinski definition) is 0. The monoisotopic (exact) mass is 658 g/mol. The average Bonchev–Trinajstić information content (AvgIpc) is 3.39. The van der Waals surface area contributed by atoms with Gasteiger partial charge in [0.15, 0.2) is 0 Å². The molecule has 2 heteroatoms. The summed E-state index contributed by atoms with van der Waals surface area (Å²) in [5, 5.41) is 0. The Kier molecular flexibility index (Phi) is 8.37. The largest absolute Gasteiger partial charge is 0.311 e. The molecule has 0 spiro atoms. The second kappa shape index (κ2) is 13.3. The van der Waals surface area contributed by atoms with Crippen LogP contribution < -0.4 is 9.80 Å². The van der Waals surface area contributed by atoms with Gasteiger partial charge in [-0.15, -0.1) is 0 Å². The number of rotatable bonds is 8. The van der Waals surface area contributed by atoms with E-state index in [1.807, 2.05) is 0 Å². The summed E-state index contributed by atoms with van der Waals surface area (Å²) < 4.78 is 0. The van der Waals surface area contributed by atoms with Crippen molar-refractivity contribution in [1.82, 2.24) is 0 Å². The third kappa shape index (κ3) is 6.15. The molecule has 1 aliphatic carbocycles. The molecule has 0 saturated carbocycles. The SMILES string of the molecule is Cc1ccc(N(c2ccc3c(c2)C(C)(C)c2cc(/C=C/c4ccc(N(c5ccccc5)c5ccccc5)cc4)ccc2-3)c2ccccc2C)cc1. The first-order valence-corrected chi connectivity index (χ1v) is 17.8. The summed E-state index contributed by atoms with van der Waals surface area (Å²) in [5.41, 5.74) is 17.0. The van der Waals surface area contributed by atoms with Gasteiger partial charge < -0.3 is 9.80 Å². The Bertz CT molecular complexity index is 2290. The Balaban J connectivity index is 1.08. The number of fused-ring (bicyclic) bond motifs is 3. The van der Waals surface area contributed by atoms with E-state index in [9.17, 15) is 0 Å². The molecule has 0 atom stereocenters. The van der Waals surface area contributed by atoms with Crippen LogP contribution in [0.15, 0.2) is 170 Å². The minimum Gasteiger partial charge on any atom is -0.311 e. The van der Waals surface area contributed by atoms with Gasteiger partial charge in [-0.25, -0.2) is 0 Å². The van der Waals surface area contributed by atoms with Gasteiger partial charge in [0, 0.05) is 39.5 Å². The van der Waals surface area contributed by atoms with Crippen LogP contribution in [-0.4, -0.2) is 0 Å². The van der Waals surface area contributed by atoms with E-state index in [-0.39, 0.29) is 5.41 Å². The van der Waals surface area contributed by atoms with Crippen molar-refractivity contribution in [3.05, 3.63) is 203 Å². The van der Waals surface area contributed by atoms with Crippen LogP contribution in [0.25, 0.3) is 23.3 Å². The maximum Gasteiger partial charge on any atom is 0.0490 e. The predicted octanol–water partition coefficient (Wildman–Crippen LogP) is 13.7. The minimum atomic E-state index is -0.144. The Morgan fingerprint density at radius 1 is 0.412 bits per heavy atom. The van der Waals surface area contributed by atoms with Crippen molar-refractivity contribution in [2.24, 2.45) is 0 Å². The molecule has 0 aliphatic heterocycles. The van der Waals surface area contributed by atoms with Gasteiger partial charge in [-0.1, -0.05) is 135 Å². The fraction of sp³-hybridized carbons (Fsp3) is 0.102. The summed E-state index contributed by atoms with van der Waals surface area (Å²) in [4.78, 5) is 4.69. The highest BCUT2D eigenvalue weighted by molar-refractivity contribution is 5.87. The average molecular weight is 659 g/mol. The Hall–Kier alpha value is -6.12. The molecule has 0 saturated heterocycles. The van der Waals surface area contributed by atoms with E-state index in [1.54, 1.807) is 0 Å². The molecule has 0 bridgehead atoms. The summed E-state index contributed by atoms with van der Waals surface area (Å²) in [5.74, 6) is 0. The van der Waals surface area contributed by atoms with Crippen molar-refractivity contribution in [1.29, 1.82) is 0 Å². The fourth-order valence-electron chi connectivity index (χ4n) is 7.45. The van der Waals surface area contributed by atoms with Crippen LogP contribution in [0, 0.1) is 13.8 Å².